The van der Waals surface area contributed by atoms with Crippen LogP contribution in [0.4, 0.5) is 0 Å². The Balaban J connectivity index is 3.11. The van der Waals surface area contributed by atoms with Gasteiger partial charge in [0, 0.05) is 13.2 Å². The Morgan fingerprint density at radius 3 is 2.69 bits per heavy atom. The molecule has 0 saturated heterocycles. The third kappa shape index (κ3) is 9.30. The predicted molar refractivity (Wildman–Crippen MR) is 52.7 cm³/mol. The van der Waals surface area contributed by atoms with Gasteiger partial charge < -0.3 is 15.4 Å². The molecule has 0 aromatic rings. The van der Waals surface area contributed by atoms with Crippen LogP contribution in [0.25, 0.3) is 0 Å². The van der Waals surface area contributed by atoms with E-state index in [1.165, 1.54) is 0 Å². The SMILES string of the molecule is CCCNCC(=O)NCCOCC. The van der Waals surface area contributed by atoms with E-state index < -0.39 is 0 Å². The summed E-state index contributed by atoms with van der Waals surface area (Å²) < 4.78 is 5.07. The Hall–Kier alpha value is -0.610. The van der Waals surface area contributed by atoms with Crippen molar-refractivity contribution in [3.05, 3.63) is 0 Å². The second kappa shape index (κ2) is 9.48. The van der Waals surface area contributed by atoms with E-state index in [-0.39, 0.29) is 5.91 Å². The van der Waals surface area contributed by atoms with Crippen LogP contribution in [-0.2, 0) is 9.53 Å². The third-order valence-corrected chi connectivity index (χ3v) is 1.49. The molecule has 13 heavy (non-hydrogen) atoms. The van der Waals surface area contributed by atoms with Crippen molar-refractivity contribution in [2.75, 3.05) is 32.8 Å². The molecule has 0 aliphatic carbocycles. The summed E-state index contributed by atoms with van der Waals surface area (Å²) in [5, 5.41) is 5.77. The van der Waals surface area contributed by atoms with E-state index in [4.69, 9.17) is 4.74 Å². The van der Waals surface area contributed by atoms with Crippen molar-refractivity contribution in [2.45, 2.75) is 20.3 Å². The van der Waals surface area contributed by atoms with Crippen LogP contribution >= 0.6 is 0 Å². The lowest BCUT2D eigenvalue weighted by Crippen LogP contribution is -2.35. The van der Waals surface area contributed by atoms with Crippen molar-refractivity contribution >= 4 is 5.91 Å². The summed E-state index contributed by atoms with van der Waals surface area (Å²) in [6.07, 6.45) is 1.05. The van der Waals surface area contributed by atoms with E-state index >= 15 is 0 Å². The number of hydrogen-bond acceptors (Lipinski definition) is 3. The highest BCUT2D eigenvalue weighted by atomic mass is 16.5. The first-order chi connectivity index (χ1) is 6.31. The minimum atomic E-state index is 0.0353. The lowest BCUT2D eigenvalue weighted by atomic mass is 10.4. The maximum Gasteiger partial charge on any atom is 0.234 e. The Morgan fingerprint density at radius 1 is 1.31 bits per heavy atom. The van der Waals surface area contributed by atoms with Crippen molar-refractivity contribution in [1.29, 1.82) is 0 Å². The highest BCUT2D eigenvalue weighted by Crippen LogP contribution is 1.72. The van der Waals surface area contributed by atoms with Gasteiger partial charge in [0.2, 0.25) is 5.91 Å². The topological polar surface area (TPSA) is 50.4 Å². The van der Waals surface area contributed by atoms with Crippen LogP contribution in [0, 0.1) is 0 Å². The van der Waals surface area contributed by atoms with Gasteiger partial charge in [-0.25, -0.2) is 0 Å². The number of nitrogens with one attached hydrogen (secondary N) is 2. The van der Waals surface area contributed by atoms with Gasteiger partial charge in [0.25, 0.3) is 0 Å². The molecule has 0 aromatic heterocycles. The van der Waals surface area contributed by atoms with Gasteiger partial charge in [0.1, 0.15) is 0 Å². The fourth-order valence-electron chi connectivity index (χ4n) is 0.848. The van der Waals surface area contributed by atoms with E-state index in [0.717, 1.165) is 13.0 Å². The first kappa shape index (κ1) is 12.4. The number of hydrogen-bond donors (Lipinski definition) is 2. The predicted octanol–water partition coefficient (Wildman–Crippen LogP) is 0.139. The average molecular weight is 188 g/mol. The van der Waals surface area contributed by atoms with Gasteiger partial charge >= 0.3 is 0 Å². The van der Waals surface area contributed by atoms with Crippen molar-refractivity contribution in [3.8, 4) is 0 Å². The summed E-state index contributed by atoms with van der Waals surface area (Å²) in [5.74, 6) is 0.0353. The normalized spacial score (nSPS) is 10.0. The summed E-state index contributed by atoms with van der Waals surface area (Å²) >= 11 is 0. The van der Waals surface area contributed by atoms with Gasteiger partial charge in [-0.1, -0.05) is 6.92 Å². The molecule has 0 aromatic carbocycles. The summed E-state index contributed by atoms with van der Waals surface area (Å²) in [5.41, 5.74) is 0. The van der Waals surface area contributed by atoms with Crippen LogP contribution < -0.4 is 10.6 Å². The van der Waals surface area contributed by atoms with Crippen LogP contribution in [0.5, 0.6) is 0 Å². The second-order valence-electron chi connectivity index (χ2n) is 2.72. The number of carbonyl (C=O) groups excluding carboxylic acids is 1. The summed E-state index contributed by atoms with van der Waals surface area (Å²) in [4.78, 5) is 11.1. The first-order valence-electron chi connectivity index (χ1n) is 4.86. The van der Waals surface area contributed by atoms with Gasteiger partial charge in [-0.2, -0.15) is 0 Å². The second-order valence-corrected chi connectivity index (χ2v) is 2.72. The lowest BCUT2D eigenvalue weighted by molar-refractivity contribution is -0.120. The highest BCUT2D eigenvalue weighted by Gasteiger charge is 1.97. The molecule has 1 amide bonds. The molecule has 4 nitrogen and oxygen atoms in total. The van der Waals surface area contributed by atoms with Crippen LogP contribution in [-0.4, -0.2) is 38.8 Å². The standard InChI is InChI=1S/C9H20N2O2/c1-3-5-10-8-9(12)11-6-7-13-4-2/h10H,3-8H2,1-2H3,(H,11,12). The first-order valence-corrected chi connectivity index (χ1v) is 4.86. The zero-order chi connectivity index (χ0) is 9.94. The van der Waals surface area contributed by atoms with Crippen LogP contribution in [0.2, 0.25) is 0 Å². The Morgan fingerprint density at radius 2 is 2.08 bits per heavy atom. The molecule has 0 atom stereocenters. The van der Waals surface area contributed by atoms with E-state index in [0.29, 0.717) is 26.3 Å². The maximum atomic E-state index is 11.1. The highest BCUT2D eigenvalue weighted by molar-refractivity contribution is 5.77. The largest absolute Gasteiger partial charge is 0.380 e. The summed E-state index contributed by atoms with van der Waals surface area (Å²) in [7, 11) is 0. The molecule has 0 radical (unpaired) electrons. The molecule has 0 aliphatic heterocycles. The molecule has 2 N–H and O–H groups in total. The number of carbonyl (C=O) groups is 1. The molecule has 0 saturated carbocycles. The van der Waals surface area contributed by atoms with Gasteiger partial charge in [-0.15, -0.1) is 0 Å². The minimum absolute atomic E-state index is 0.0353. The maximum absolute atomic E-state index is 11.1. The average Bonchev–Trinajstić information content (AvgIpc) is 2.13. The molecular weight excluding hydrogens is 168 g/mol. The van der Waals surface area contributed by atoms with Gasteiger partial charge in [0.05, 0.1) is 13.2 Å². The number of ether oxygens (including phenoxy) is 1. The van der Waals surface area contributed by atoms with Gasteiger partial charge in [0.15, 0.2) is 0 Å². The fourth-order valence-corrected chi connectivity index (χ4v) is 0.848. The van der Waals surface area contributed by atoms with Crippen LogP contribution in [0.3, 0.4) is 0 Å². The van der Waals surface area contributed by atoms with Crippen LogP contribution in [0.15, 0.2) is 0 Å². The Labute approximate surface area is 80.0 Å². The summed E-state index contributed by atoms with van der Waals surface area (Å²) in [6, 6.07) is 0. The fraction of sp³-hybridized carbons (Fsp3) is 0.889. The molecule has 4 heteroatoms. The van der Waals surface area contributed by atoms with E-state index in [2.05, 4.69) is 17.6 Å². The molecule has 0 fully saturated rings. The smallest absolute Gasteiger partial charge is 0.234 e. The van der Waals surface area contributed by atoms with Crippen molar-refractivity contribution in [2.24, 2.45) is 0 Å². The van der Waals surface area contributed by atoms with Gasteiger partial charge in [-0.05, 0) is 19.9 Å². The molecule has 0 spiro atoms. The molecule has 0 unspecified atom stereocenters. The molecule has 0 heterocycles. The zero-order valence-electron chi connectivity index (χ0n) is 8.56. The van der Waals surface area contributed by atoms with Crippen LogP contribution in [0.1, 0.15) is 20.3 Å². The van der Waals surface area contributed by atoms with Crippen molar-refractivity contribution in [1.82, 2.24) is 10.6 Å². The third-order valence-electron chi connectivity index (χ3n) is 1.49. The number of rotatable bonds is 8. The van der Waals surface area contributed by atoms with E-state index in [9.17, 15) is 4.79 Å². The quantitative estimate of drug-likeness (QED) is 0.533. The molecule has 0 aliphatic rings. The number of amides is 1. The monoisotopic (exact) mass is 188 g/mol. The molecule has 0 rings (SSSR count). The van der Waals surface area contributed by atoms with Gasteiger partial charge in [-0.3, -0.25) is 4.79 Å². The Bertz CT molecular complexity index is 129. The minimum Gasteiger partial charge on any atom is -0.380 e. The molecular formula is C9H20N2O2. The zero-order valence-corrected chi connectivity index (χ0v) is 8.56. The summed E-state index contributed by atoms with van der Waals surface area (Å²) in [6.45, 7) is 7.18. The lowest BCUT2D eigenvalue weighted by Gasteiger charge is -2.05. The van der Waals surface area contributed by atoms with E-state index in [1.807, 2.05) is 6.92 Å². The molecule has 0 bridgehead atoms. The Kier molecular flexibility index (Phi) is 9.03. The van der Waals surface area contributed by atoms with Crippen molar-refractivity contribution < 1.29 is 9.53 Å². The van der Waals surface area contributed by atoms with Crippen molar-refractivity contribution in [3.63, 3.8) is 0 Å². The molecule has 78 valence electrons. The van der Waals surface area contributed by atoms with E-state index in [1.54, 1.807) is 0 Å².